The van der Waals surface area contributed by atoms with Gasteiger partial charge in [-0.15, -0.1) is 0 Å². The van der Waals surface area contributed by atoms with Gasteiger partial charge in [-0.2, -0.15) is 0 Å². The summed E-state index contributed by atoms with van der Waals surface area (Å²) >= 11 is 2.11. The fourth-order valence-electron chi connectivity index (χ4n) is 2.75. The third-order valence-electron chi connectivity index (χ3n) is 3.98. The molecule has 0 bridgehead atoms. The number of carbonyl (C=O) groups excluding carboxylic acids is 2. The molecule has 5 nitrogen and oxygen atoms in total. The normalized spacial score (nSPS) is 18.8. The molecule has 118 valence electrons. The zero-order chi connectivity index (χ0) is 16.6. The number of hydrogen-bond acceptors (Lipinski definition) is 5. The van der Waals surface area contributed by atoms with Gasteiger partial charge in [0.25, 0.3) is 0 Å². The van der Waals surface area contributed by atoms with Crippen molar-refractivity contribution < 1.29 is 24.9 Å². The van der Waals surface area contributed by atoms with E-state index in [0.29, 0.717) is 12.8 Å². The average Bonchev–Trinajstić information content (AvgIpc) is 2.48. The molecule has 2 rings (SSSR count). The van der Waals surface area contributed by atoms with Gasteiger partial charge in [0.2, 0.25) is 0 Å². The Morgan fingerprint density at radius 2 is 2.00 bits per heavy atom. The Morgan fingerprint density at radius 3 is 2.55 bits per heavy atom. The quantitative estimate of drug-likeness (QED) is 0.518. The van der Waals surface area contributed by atoms with E-state index in [4.69, 9.17) is 0 Å². The number of fused-ring (bicyclic) bond motifs is 1. The molecular weight excluding hydrogens is 399 g/mol. The van der Waals surface area contributed by atoms with E-state index < -0.39 is 17.7 Å². The van der Waals surface area contributed by atoms with Crippen molar-refractivity contribution in [3.8, 4) is 5.75 Å². The van der Waals surface area contributed by atoms with Crippen LogP contribution in [0.25, 0.3) is 5.76 Å². The number of phenolic OH excluding ortho intramolecular Hbond substituents is 1. The lowest BCUT2D eigenvalue weighted by molar-refractivity contribution is -0.135. The largest absolute Gasteiger partial charge is 0.507 e. The maximum absolute atomic E-state index is 12.4. The lowest BCUT2D eigenvalue weighted by atomic mass is 9.77. The Kier molecular flexibility index (Phi) is 4.91. The van der Waals surface area contributed by atoms with Gasteiger partial charge in [-0.05, 0) is 66.0 Å². The number of carbonyl (C=O) groups is 2. The smallest absolute Gasteiger partial charge is 0.198 e. The van der Waals surface area contributed by atoms with Crippen LogP contribution in [0.2, 0.25) is 0 Å². The molecule has 0 aliphatic heterocycles. The Balaban J connectivity index is 2.66. The second kappa shape index (κ2) is 6.37. The van der Waals surface area contributed by atoms with E-state index in [-0.39, 0.29) is 28.6 Å². The zero-order valence-electron chi connectivity index (χ0n) is 12.3. The highest BCUT2D eigenvalue weighted by molar-refractivity contribution is 14.1. The van der Waals surface area contributed by atoms with E-state index in [1.54, 1.807) is 6.07 Å². The number of phenols is 1. The molecule has 1 aromatic carbocycles. The summed E-state index contributed by atoms with van der Waals surface area (Å²) in [4.78, 5) is 23.6. The first-order valence-electron chi connectivity index (χ1n) is 6.96. The molecule has 1 aromatic rings. The fourth-order valence-corrected chi connectivity index (χ4v) is 3.42. The Hall–Kier alpha value is -1.41. The molecule has 2 atom stereocenters. The molecule has 0 radical (unpaired) electrons. The van der Waals surface area contributed by atoms with Crippen LogP contribution in [0.4, 0.5) is 0 Å². The second-order valence-electron chi connectivity index (χ2n) is 5.37. The van der Waals surface area contributed by atoms with Crippen molar-refractivity contribution in [3.63, 3.8) is 0 Å². The molecule has 3 N–H and O–H groups in total. The summed E-state index contributed by atoms with van der Waals surface area (Å²) in [6, 6.07) is 3.19. The van der Waals surface area contributed by atoms with Crippen molar-refractivity contribution in [2.24, 2.45) is 5.92 Å². The van der Waals surface area contributed by atoms with Crippen molar-refractivity contribution >= 4 is 39.9 Å². The summed E-state index contributed by atoms with van der Waals surface area (Å²) in [7, 11) is 0. The van der Waals surface area contributed by atoms with Gasteiger partial charge in [0.15, 0.2) is 17.7 Å². The van der Waals surface area contributed by atoms with Crippen molar-refractivity contribution in [3.05, 3.63) is 32.4 Å². The second-order valence-corrected chi connectivity index (χ2v) is 6.53. The van der Waals surface area contributed by atoms with Crippen LogP contribution in [0.3, 0.4) is 0 Å². The molecule has 0 fully saturated rings. The fraction of sp³-hybridized carbons (Fsp3) is 0.375. The van der Waals surface area contributed by atoms with Crippen LogP contribution in [0, 0.1) is 9.49 Å². The minimum absolute atomic E-state index is 0.0231. The molecule has 0 aromatic heterocycles. The molecule has 22 heavy (non-hydrogen) atoms. The van der Waals surface area contributed by atoms with Crippen molar-refractivity contribution in [2.45, 2.75) is 32.8 Å². The van der Waals surface area contributed by atoms with Gasteiger partial charge >= 0.3 is 0 Å². The first kappa shape index (κ1) is 17.0. The Morgan fingerprint density at radius 1 is 1.36 bits per heavy atom. The number of benzene rings is 1. The number of aromatic hydroxyl groups is 1. The Bertz CT molecular complexity index is 677. The number of aliphatic hydroxyl groups is 2. The third kappa shape index (κ3) is 2.77. The standard InChI is InChI=1S/C16H17IO5/c1-3-8-6-9-10(17)4-5-11(19)13(9)15(21)12(8)16(22)14(20)7(2)18/h4-5,8,14,19-21H,3,6H2,1-2H3/t8-,14-/m1/s1. The molecular formula is C16H17IO5. The van der Waals surface area contributed by atoms with Gasteiger partial charge in [-0.1, -0.05) is 6.92 Å². The Labute approximate surface area is 141 Å². The van der Waals surface area contributed by atoms with Crippen molar-refractivity contribution in [2.75, 3.05) is 0 Å². The van der Waals surface area contributed by atoms with E-state index in [1.807, 2.05) is 6.92 Å². The summed E-state index contributed by atoms with van der Waals surface area (Å²) < 4.78 is 0.883. The highest BCUT2D eigenvalue weighted by atomic mass is 127. The first-order chi connectivity index (χ1) is 10.3. The minimum atomic E-state index is -1.78. The zero-order valence-corrected chi connectivity index (χ0v) is 14.4. The lowest BCUT2D eigenvalue weighted by Gasteiger charge is -2.28. The van der Waals surface area contributed by atoms with Gasteiger partial charge in [-0.3, -0.25) is 9.59 Å². The van der Waals surface area contributed by atoms with Gasteiger partial charge in [-0.25, -0.2) is 0 Å². The van der Waals surface area contributed by atoms with Crippen LogP contribution >= 0.6 is 22.6 Å². The SMILES string of the molecule is CC[C@@H]1Cc2c(I)ccc(O)c2C(O)=C1C(=O)[C@H](O)C(C)=O. The number of halogens is 1. The predicted octanol–water partition coefficient (Wildman–Crippen LogP) is 2.37. The number of hydrogen-bond donors (Lipinski definition) is 3. The summed E-state index contributed by atoms with van der Waals surface area (Å²) in [5, 5.41) is 30.3. The maximum Gasteiger partial charge on any atom is 0.198 e. The van der Waals surface area contributed by atoms with Gasteiger partial charge in [0.05, 0.1) is 5.56 Å². The molecule has 0 amide bonds. The van der Waals surface area contributed by atoms with Crippen LogP contribution in [0.15, 0.2) is 17.7 Å². The van der Waals surface area contributed by atoms with Crippen LogP contribution in [-0.2, 0) is 16.0 Å². The average molecular weight is 416 g/mol. The third-order valence-corrected chi connectivity index (χ3v) is 4.99. The van der Waals surface area contributed by atoms with E-state index in [2.05, 4.69) is 22.6 Å². The molecule has 0 saturated heterocycles. The highest BCUT2D eigenvalue weighted by Gasteiger charge is 2.36. The van der Waals surface area contributed by atoms with E-state index in [1.165, 1.54) is 6.07 Å². The molecule has 0 saturated carbocycles. The summed E-state index contributed by atoms with van der Waals surface area (Å²) in [6.45, 7) is 2.99. The van der Waals surface area contributed by atoms with Crippen molar-refractivity contribution in [1.82, 2.24) is 0 Å². The van der Waals surface area contributed by atoms with Gasteiger partial charge < -0.3 is 15.3 Å². The van der Waals surface area contributed by atoms with E-state index in [9.17, 15) is 24.9 Å². The number of rotatable bonds is 4. The van der Waals surface area contributed by atoms with E-state index in [0.717, 1.165) is 16.1 Å². The molecule has 1 aliphatic rings. The molecule has 0 spiro atoms. The number of Topliss-reactive ketones (excluding diaryl/α,β-unsaturated/α-hetero) is 2. The van der Waals surface area contributed by atoms with Crippen LogP contribution < -0.4 is 0 Å². The van der Waals surface area contributed by atoms with Crippen LogP contribution in [-0.4, -0.2) is 33.0 Å². The van der Waals surface area contributed by atoms with Crippen LogP contribution in [0.5, 0.6) is 5.75 Å². The van der Waals surface area contributed by atoms with Gasteiger partial charge in [0.1, 0.15) is 11.5 Å². The van der Waals surface area contributed by atoms with Crippen molar-refractivity contribution in [1.29, 1.82) is 0 Å². The molecule has 0 heterocycles. The summed E-state index contributed by atoms with van der Waals surface area (Å²) in [6.07, 6.45) is -0.743. The first-order valence-corrected chi connectivity index (χ1v) is 8.04. The maximum atomic E-state index is 12.4. The van der Waals surface area contributed by atoms with Crippen LogP contribution in [0.1, 0.15) is 31.4 Å². The lowest BCUT2D eigenvalue weighted by Crippen LogP contribution is -2.34. The topological polar surface area (TPSA) is 94.8 Å². The highest BCUT2D eigenvalue weighted by Crippen LogP contribution is 2.41. The summed E-state index contributed by atoms with van der Waals surface area (Å²) in [5.74, 6) is -2.22. The molecule has 0 unspecified atom stereocenters. The monoisotopic (exact) mass is 416 g/mol. The number of aliphatic hydroxyl groups excluding tert-OH is 2. The summed E-state index contributed by atoms with van der Waals surface area (Å²) in [5.41, 5.74) is 1.02. The minimum Gasteiger partial charge on any atom is -0.507 e. The molecule has 6 heteroatoms. The molecule has 1 aliphatic carbocycles. The van der Waals surface area contributed by atoms with Gasteiger partial charge in [0, 0.05) is 9.14 Å². The predicted molar refractivity (Wildman–Crippen MR) is 89.6 cm³/mol. The van der Waals surface area contributed by atoms with E-state index >= 15 is 0 Å². The number of ketones is 2.